The highest BCUT2D eigenvalue weighted by molar-refractivity contribution is 6.06. The van der Waals surface area contributed by atoms with Gasteiger partial charge in [-0.2, -0.15) is 0 Å². The third kappa shape index (κ3) is 8.32. The monoisotopic (exact) mass is 769 g/mol. The Kier molecular flexibility index (Phi) is 11.5. The molecule has 0 bridgehead atoms. The first-order valence-electron chi connectivity index (χ1n) is 19.9. The molecule has 0 aromatic heterocycles. The van der Waals surface area contributed by atoms with Gasteiger partial charge in [0.15, 0.2) is 0 Å². The number of hydrogen-bond acceptors (Lipinski definition) is 5. The van der Waals surface area contributed by atoms with Gasteiger partial charge in [0.1, 0.15) is 0 Å². The highest BCUT2D eigenvalue weighted by Crippen LogP contribution is 2.41. The van der Waals surface area contributed by atoms with E-state index in [9.17, 15) is 9.59 Å². The number of carbonyl (C=O) groups excluding carboxylic acids is 2. The van der Waals surface area contributed by atoms with Crippen molar-refractivity contribution < 1.29 is 19.1 Å². The normalized spacial score (nSPS) is 10.8. The van der Waals surface area contributed by atoms with Crippen LogP contribution < -0.4 is 4.90 Å². The number of rotatable bonds is 12. The molecule has 0 aliphatic rings. The maximum atomic E-state index is 13.8. The largest absolute Gasteiger partial charge is 0.462 e. The van der Waals surface area contributed by atoms with Gasteiger partial charge in [0.25, 0.3) is 0 Å². The van der Waals surface area contributed by atoms with E-state index in [1.807, 2.05) is 115 Å². The zero-order chi connectivity index (χ0) is 40.6. The SMILES string of the molecule is CCOC(=O)c1cc(-c2ccccc2-c2ccccc2)c(C(=O)OCC)cc1-c1ccc(N(c2ccc(-c3ccccc3)cc2)c2ccc(-c3ccccc3)cc2)cc1. The summed E-state index contributed by atoms with van der Waals surface area (Å²) in [5.74, 6) is -0.943. The highest BCUT2D eigenvalue weighted by atomic mass is 16.5. The lowest BCUT2D eigenvalue weighted by atomic mass is 9.87. The van der Waals surface area contributed by atoms with E-state index in [-0.39, 0.29) is 13.2 Å². The van der Waals surface area contributed by atoms with Crippen LogP contribution in [0, 0.1) is 0 Å². The summed E-state index contributed by atoms with van der Waals surface area (Å²) in [5.41, 5.74) is 12.8. The second-order valence-electron chi connectivity index (χ2n) is 14.0. The van der Waals surface area contributed by atoms with Crippen LogP contribution in [0.1, 0.15) is 34.6 Å². The molecule has 0 heterocycles. The summed E-state index contributed by atoms with van der Waals surface area (Å²) >= 11 is 0. The zero-order valence-electron chi connectivity index (χ0n) is 33.0. The Morgan fingerprint density at radius 1 is 0.356 bits per heavy atom. The molecule has 59 heavy (non-hydrogen) atoms. The third-order valence-electron chi connectivity index (χ3n) is 10.4. The van der Waals surface area contributed by atoms with Crippen molar-refractivity contribution in [1.82, 2.24) is 0 Å². The van der Waals surface area contributed by atoms with E-state index in [1.54, 1.807) is 26.0 Å². The standard InChI is InChI=1S/C54H43NO4/c1-3-58-53(56)51-37-50(48-23-15-14-22-47(48)42-20-12-7-13-21-42)52(54(57)59-4-2)36-49(51)43-28-34-46(35-29-43)55(44-30-24-40(25-31-44)38-16-8-5-9-17-38)45-32-26-41(27-33-45)39-18-10-6-11-19-39/h5-37H,3-4H2,1-2H3. The van der Waals surface area contributed by atoms with Crippen LogP contribution in [0.4, 0.5) is 17.1 Å². The molecule has 0 N–H and O–H groups in total. The van der Waals surface area contributed by atoms with Crippen molar-refractivity contribution in [2.45, 2.75) is 13.8 Å². The Bertz CT molecular complexity index is 2590. The van der Waals surface area contributed by atoms with E-state index >= 15 is 0 Å². The summed E-state index contributed by atoms with van der Waals surface area (Å²) in [6.45, 7) is 3.99. The highest BCUT2D eigenvalue weighted by Gasteiger charge is 2.25. The topological polar surface area (TPSA) is 55.8 Å². The molecule has 5 heteroatoms. The van der Waals surface area contributed by atoms with Gasteiger partial charge >= 0.3 is 11.9 Å². The van der Waals surface area contributed by atoms with Gasteiger partial charge < -0.3 is 14.4 Å². The minimum absolute atomic E-state index is 0.202. The molecular weight excluding hydrogens is 727 g/mol. The Morgan fingerprint density at radius 2 is 0.678 bits per heavy atom. The number of hydrogen-bond donors (Lipinski definition) is 0. The fraction of sp³-hybridized carbons (Fsp3) is 0.0741. The molecule has 8 aromatic rings. The van der Waals surface area contributed by atoms with Crippen LogP contribution in [-0.4, -0.2) is 25.2 Å². The van der Waals surface area contributed by atoms with Crippen LogP contribution >= 0.6 is 0 Å². The van der Waals surface area contributed by atoms with Crippen LogP contribution in [0.2, 0.25) is 0 Å². The maximum absolute atomic E-state index is 13.8. The Labute approximate surface area is 345 Å². The number of ether oxygens (including phenoxy) is 2. The Hall–Kier alpha value is -7.50. The molecule has 5 nitrogen and oxygen atoms in total. The minimum atomic E-state index is -0.473. The van der Waals surface area contributed by atoms with Gasteiger partial charge in [-0.1, -0.05) is 152 Å². The lowest BCUT2D eigenvalue weighted by Gasteiger charge is -2.26. The lowest BCUT2D eigenvalue weighted by Crippen LogP contribution is -2.12. The molecule has 8 aromatic carbocycles. The molecule has 0 amide bonds. The third-order valence-corrected chi connectivity index (χ3v) is 10.4. The fourth-order valence-electron chi connectivity index (χ4n) is 7.51. The van der Waals surface area contributed by atoms with E-state index in [1.165, 1.54) is 0 Å². The van der Waals surface area contributed by atoms with Crippen molar-refractivity contribution in [3.8, 4) is 55.6 Å². The molecular formula is C54H43NO4. The quantitative estimate of drug-likeness (QED) is 0.116. The zero-order valence-corrected chi connectivity index (χ0v) is 33.0. The van der Waals surface area contributed by atoms with Crippen LogP contribution in [0.3, 0.4) is 0 Å². The average Bonchev–Trinajstić information content (AvgIpc) is 3.30. The molecule has 288 valence electrons. The van der Waals surface area contributed by atoms with Gasteiger partial charge in [0.05, 0.1) is 24.3 Å². The predicted octanol–water partition coefficient (Wildman–Crippen LogP) is 13.8. The van der Waals surface area contributed by atoms with Gasteiger partial charge in [-0.05, 0) is 118 Å². The number of benzene rings is 8. The van der Waals surface area contributed by atoms with Crippen molar-refractivity contribution in [1.29, 1.82) is 0 Å². The molecule has 0 spiro atoms. The molecule has 0 radical (unpaired) electrons. The summed E-state index contributed by atoms with van der Waals surface area (Å²) in [7, 11) is 0. The minimum Gasteiger partial charge on any atom is -0.462 e. The fourth-order valence-corrected chi connectivity index (χ4v) is 7.51. The molecule has 0 atom stereocenters. The van der Waals surface area contributed by atoms with Crippen LogP contribution in [0.15, 0.2) is 200 Å². The Balaban J connectivity index is 1.24. The summed E-state index contributed by atoms with van der Waals surface area (Å²) in [6, 6.07) is 67.3. The maximum Gasteiger partial charge on any atom is 0.338 e. The second kappa shape index (κ2) is 17.7. The van der Waals surface area contributed by atoms with Crippen molar-refractivity contribution in [3.63, 3.8) is 0 Å². The summed E-state index contributed by atoms with van der Waals surface area (Å²) in [5, 5.41) is 0. The van der Waals surface area contributed by atoms with E-state index < -0.39 is 11.9 Å². The molecule has 0 aliphatic heterocycles. The first kappa shape index (κ1) is 38.4. The van der Waals surface area contributed by atoms with Gasteiger partial charge in [-0.3, -0.25) is 0 Å². The number of carbonyl (C=O) groups is 2. The summed E-state index contributed by atoms with van der Waals surface area (Å²) in [6.07, 6.45) is 0. The molecule has 0 saturated carbocycles. The van der Waals surface area contributed by atoms with Gasteiger partial charge in [-0.25, -0.2) is 9.59 Å². The number of esters is 2. The molecule has 0 aliphatic carbocycles. The van der Waals surface area contributed by atoms with Crippen molar-refractivity contribution in [2.75, 3.05) is 18.1 Å². The van der Waals surface area contributed by atoms with Gasteiger partial charge in [-0.15, -0.1) is 0 Å². The molecule has 0 fully saturated rings. The van der Waals surface area contributed by atoms with Crippen LogP contribution in [0.25, 0.3) is 55.6 Å². The van der Waals surface area contributed by atoms with E-state index in [4.69, 9.17) is 9.47 Å². The lowest BCUT2D eigenvalue weighted by molar-refractivity contribution is 0.0513. The first-order chi connectivity index (χ1) is 29.0. The van der Waals surface area contributed by atoms with Crippen molar-refractivity contribution in [2.24, 2.45) is 0 Å². The van der Waals surface area contributed by atoms with Gasteiger partial charge in [0.2, 0.25) is 0 Å². The second-order valence-corrected chi connectivity index (χ2v) is 14.0. The molecule has 8 rings (SSSR count). The van der Waals surface area contributed by atoms with E-state index in [2.05, 4.69) is 77.7 Å². The van der Waals surface area contributed by atoms with Crippen LogP contribution in [-0.2, 0) is 9.47 Å². The molecule has 0 unspecified atom stereocenters. The van der Waals surface area contributed by atoms with Crippen molar-refractivity contribution >= 4 is 29.0 Å². The van der Waals surface area contributed by atoms with E-state index in [0.29, 0.717) is 22.3 Å². The Morgan fingerprint density at radius 3 is 1.12 bits per heavy atom. The molecule has 0 saturated heterocycles. The van der Waals surface area contributed by atoms with Crippen LogP contribution in [0.5, 0.6) is 0 Å². The summed E-state index contributed by atoms with van der Waals surface area (Å²) in [4.78, 5) is 29.9. The predicted molar refractivity (Wildman–Crippen MR) is 240 cm³/mol. The van der Waals surface area contributed by atoms with Gasteiger partial charge in [0, 0.05) is 17.1 Å². The number of anilines is 3. The number of nitrogens with zero attached hydrogens (tertiary/aromatic N) is 1. The average molecular weight is 770 g/mol. The van der Waals surface area contributed by atoms with Crippen molar-refractivity contribution in [3.05, 3.63) is 211 Å². The smallest absolute Gasteiger partial charge is 0.338 e. The first-order valence-corrected chi connectivity index (χ1v) is 19.9. The summed E-state index contributed by atoms with van der Waals surface area (Å²) < 4.78 is 11.3. The van der Waals surface area contributed by atoms with E-state index in [0.717, 1.165) is 61.6 Å².